The van der Waals surface area contributed by atoms with Crippen molar-refractivity contribution in [2.75, 3.05) is 0 Å². The van der Waals surface area contributed by atoms with E-state index in [9.17, 15) is 20.4 Å². The molecule has 4 heteroatoms. The minimum absolute atomic E-state index is 0.151. The maximum Gasteiger partial charge on any atom is 0.118 e. The number of hydrogen-bond donors (Lipinski definition) is 4. The molecule has 210 valence electrons. The molecule has 0 aliphatic carbocycles. The molecule has 0 aliphatic heterocycles. The third-order valence-electron chi connectivity index (χ3n) is 7.71. The molecule has 0 spiro atoms. The van der Waals surface area contributed by atoms with Gasteiger partial charge in [0.1, 0.15) is 23.0 Å². The van der Waals surface area contributed by atoms with E-state index in [0.29, 0.717) is 11.5 Å². The van der Waals surface area contributed by atoms with E-state index in [1.807, 2.05) is 68.4 Å². The van der Waals surface area contributed by atoms with Gasteiger partial charge >= 0.3 is 0 Å². The van der Waals surface area contributed by atoms with Crippen LogP contribution in [0.25, 0.3) is 0 Å². The number of aromatic hydroxyl groups is 4. The maximum atomic E-state index is 9.83. The molecule has 0 bridgehead atoms. The van der Waals surface area contributed by atoms with Gasteiger partial charge in [-0.1, -0.05) is 92.7 Å². The molecule has 0 heterocycles. The fourth-order valence-electron chi connectivity index (χ4n) is 4.99. The van der Waals surface area contributed by atoms with E-state index in [4.69, 9.17) is 0 Å². The van der Waals surface area contributed by atoms with Crippen LogP contribution in [0.15, 0.2) is 115 Å². The Morgan fingerprint density at radius 3 is 1.34 bits per heavy atom. The van der Waals surface area contributed by atoms with Gasteiger partial charge < -0.3 is 20.4 Å². The lowest BCUT2D eigenvalue weighted by Crippen LogP contribution is -2.18. The Labute approximate surface area is 242 Å². The molecule has 0 atom stereocenters. The van der Waals surface area contributed by atoms with Gasteiger partial charge in [0.2, 0.25) is 0 Å². The van der Waals surface area contributed by atoms with Crippen molar-refractivity contribution in [1.29, 1.82) is 0 Å². The van der Waals surface area contributed by atoms with E-state index >= 15 is 0 Å². The zero-order valence-electron chi connectivity index (χ0n) is 24.0. The predicted molar refractivity (Wildman–Crippen MR) is 166 cm³/mol. The molecule has 0 amide bonds. The van der Waals surface area contributed by atoms with Crippen LogP contribution in [0, 0.1) is 13.8 Å². The number of benzene rings is 5. The van der Waals surface area contributed by atoms with Crippen LogP contribution in [0.1, 0.15) is 58.7 Å². The van der Waals surface area contributed by atoms with Crippen molar-refractivity contribution in [3.8, 4) is 23.0 Å². The van der Waals surface area contributed by atoms with Crippen molar-refractivity contribution in [1.82, 2.24) is 0 Å². The highest BCUT2D eigenvalue weighted by Gasteiger charge is 2.23. The first-order valence-electron chi connectivity index (χ1n) is 13.8. The third kappa shape index (κ3) is 7.29. The zero-order valence-corrected chi connectivity index (χ0v) is 24.0. The summed E-state index contributed by atoms with van der Waals surface area (Å²) in [6.07, 6.45) is 0.870. The van der Waals surface area contributed by atoms with Gasteiger partial charge in [-0.3, -0.25) is 0 Å². The third-order valence-corrected chi connectivity index (χ3v) is 7.71. The lowest BCUT2D eigenvalue weighted by Gasteiger charge is -2.26. The molecule has 0 aromatic heterocycles. The van der Waals surface area contributed by atoms with Crippen LogP contribution in [0.2, 0.25) is 0 Å². The molecule has 4 nitrogen and oxygen atoms in total. The summed E-state index contributed by atoms with van der Waals surface area (Å²) in [5, 5.41) is 38.3. The van der Waals surface area contributed by atoms with Crippen LogP contribution in [-0.2, 0) is 11.8 Å². The summed E-state index contributed by atoms with van der Waals surface area (Å²) in [6.45, 7) is 8.07. The standard InChI is InChI=1S/C22H22O2.C15H16O2/c1-15-12-18(8-10-21(15)23)20(14-17-6-4-3-5-7-17)19-9-11-22(24)16(2)13-19;1-15(2,11-3-7-13(16)8-4-11)12-5-9-14(17)10-6-12/h3-13,20,23-24H,14H2,1-2H3;3-10,16-17H,1-2H3. The second kappa shape index (κ2) is 12.6. The summed E-state index contributed by atoms with van der Waals surface area (Å²) < 4.78 is 0. The van der Waals surface area contributed by atoms with Gasteiger partial charge in [0.15, 0.2) is 0 Å². The molecule has 4 N–H and O–H groups in total. The van der Waals surface area contributed by atoms with E-state index in [-0.39, 0.29) is 22.8 Å². The number of aryl methyl sites for hydroxylation is 2. The van der Waals surface area contributed by atoms with Crippen LogP contribution >= 0.6 is 0 Å². The molecule has 5 aromatic carbocycles. The molecule has 0 fully saturated rings. The highest BCUT2D eigenvalue weighted by Crippen LogP contribution is 2.34. The molecule has 41 heavy (non-hydrogen) atoms. The first-order valence-corrected chi connectivity index (χ1v) is 13.8. The molecule has 0 unspecified atom stereocenters. The molecule has 0 saturated heterocycles. The van der Waals surface area contributed by atoms with Crippen LogP contribution in [0.5, 0.6) is 23.0 Å². The normalized spacial score (nSPS) is 11.1. The second-order valence-corrected chi connectivity index (χ2v) is 11.1. The van der Waals surface area contributed by atoms with Crippen molar-refractivity contribution < 1.29 is 20.4 Å². The summed E-state index contributed by atoms with van der Waals surface area (Å²) in [4.78, 5) is 0. The maximum absolute atomic E-state index is 9.83. The highest BCUT2D eigenvalue weighted by atomic mass is 16.3. The van der Waals surface area contributed by atoms with Crippen LogP contribution in [0.4, 0.5) is 0 Å². The summed E-state index contributed by atoms with van der Waals surface area (Å²) in [5.41, 5.74) is 7.45. The fourth-order valence-corrected chi connectivity index (χ4v) is 4.99. The van der Waals surface area contributed by atoms with Gasteiger partial charge in [-0.2, -0.15) is 0 Å². The number of rotatable bonds is 6. The van der Waals surface area contributed by atoms with Crippen molar-refractivity contribution in [2.45, 2.75) is 45.4 Å². The largest absolute Gasteiger partial charge is 0.508 e. The monoisotopic (exact) mass is 546 g/mol. The molecule has 5 aromatic rings. The Balaban J connectivity index is 0.000000201. The van der Waals surface area contributed by atoms with E-state index < -0.39 is 0 Å². The van der Waals surface area contributed by atoms with Gasteiger partial charge in [-0.05, 0) is 95.6 Å². The lowest BCUT2D eigenvalue weighted by molar-refractivity contribution is 0.470. The van der Waals surface area contributed by atoms with Gasteiger partial charge in [-0.25, -0.2) is 0 Å². The zero-order chi connectivity index (χ0) is 29.6. The predicted octanol–water partition coefficient (Wildman–Crippen LogP) is 8.51. The first-order chi connectivity index (χ1) is 19.5. The van der Waals surface area contributed by atoms with E-state index in [1.165, 1.54) is 16.7 Å². The summed E-state index contributed by atoms with van der Waals surface area (Å²) in [6, 6.07) is 36.4. The molecular formula is C37H38O4. The number of phenolic OH excluding ortho intramolecular Hbond substituents is 4. The quantitative estimate of drug-likeness (QED) is 0.172. The first kappa shape index (κ1) is 29.3. The van der Waals surface area contributed by atoms with Crippen LogP contribution < -0.4 is 0 Å². The highest BCUT2D eigenvalue weighted by molar-refractivity contribution is 5.45. The van der Waals surface area contributed by atoms with E-state index in [2.05, 4.69) is 38.1 Å². The Morgan fingerprint density at radius 1 is 0.537 bits per heavy atom. The number of phenols is 4. The minimum Gasteiger partial charge on any atom is -0.508 e. The van der Waals surface area contributed by atoms with E-state index in [0.717, 1.165) is 28.7 Å². The fraction of sp³-hybridized carbons (Fsp3) is 0.189. The summed E-state index contributed by atoms with van der Waals surface area (Å²) in [5.74, 6) is 1.36. The SMILES string of the molecule is CC(C)(c1ccc(O)cc1)c1ccc(O)cc1.Cc1cc(C(Cc2ccccc2)c2ccc(O)c(C)c2)ccc1O. The van der Waals surface area contributed by atoms with Crippen molar-refractivity contribution in [2.24, 2.45) is 0 Å². The Morgan fingerprint density at radius 2 is 0.951 bits per heavy atom. The topological polar surface area (TPSA) is 80.9 Å². The molecule has 0 radical (unpaired) electrons. The Bertz CT molecular complexity index is 1470. The van der Waals surface area contributed by atoms with Crippen molar-refractivity contribution >= 4 is 0 Å². The summed E-state index contributed by atoms with van der Waals surface area (Å²) in [7, 11) is 0. The smallest absolute Gasteiger partial charge is 0.118 e. The van der Waals surface area contributed by atoms with Gasteiger partial charge in [-0.15, -0.1) is 0 Å². The average Bonchev–Trinajstić information content (AvgIpc) is 2.96. The Kier molecular flexibility index (Phi) is 9.04. The average molecular weight is 547 g/mol. The molecule has 0 saturated carbocycles. The minimum atomic E-state index is -0.151. The summed E-state index contributed by atoms with van der Waals surface area (Å²) >= 11 is 0. The number of hydrogen-bond acceptors (Lipinski definition) is 4. The molecule has 5 rings (SSSR count). The lowest BCUT2D eigenvalue weighted by atomic mass is 9.78. The van der Waals surface area contributed by atoms with Gasteiger partial charge in [0.05, 0.1) is 0 Å². The second-order valence-electron chi connectivity index (χ2n) is 11.1. The molecule has 0 aliphatic rings. The van der Waals surface area contributed by atoms with E-state index in [1.54, 1.807) is 36.4 Å². The van der Waals surface area contributed by atoms with Crippen molar-refractivity contribution in [3.05, 3.63) is 154 Å². The molecular weight excluding hydrogens is 508 g/mol. The van der Waals surface area contributed by atoms with Gasteiger partial charge in [0.25, 0.3) is 0 Å². The van der Waals surface area contributed by atoms with Crippen LogP contribution in [-0.4, -0.2) is 20.4 Å². The van der Waals surface area contributed by atoms with Crippen LogP contribution in [0.3, 0.4) is 0 Å². The van der Waals surface area contributed by atoms with Crippen molar-refractivity contribution in [3.63, 3.8) is 0 Å². The Hall–Kier alpha value is -4.70. The van der Waals surface area contributed by atoms with Gasteiger partial charge in [0, 0.05) is 11.3 Å².